The SMILES string of the molecule is COc1cc(C(F)(F)F)c(CCC=O)cc1Br. The van der Waals surface area contributed by atoms with E-state index in [0.717, 1.165) is 6.07 Å². The van der Waals surface area contributed by atoms with Crippen molar-refractivity contribution in [2.45, 2.75) is 19.0 Å². The van der Waals surface area contributed by atoms with Crippen LogP contribution in [0.1, 0.15) is 17.5 Å². The van der Waals surface area contributed by atoms with E-state index in [4.69, 9.17) is 4.74 Å². The van der Waals surface area contributed by atoms with Crippen molar-refractivity contribution in [3.8, 4) is 5.75 Å². The summed E-state index contributed by atoms with van der Waals surface area (Å²) in [5, 5.41) is 0. The summed E-state index contributed by atoms with van der Waals surface area (Å²) in [6, 6.07) is 2.27. The fraction of sp³-hybridized carbons (Fsp3) is 0.364. The Balaban J connectivity index is 3.26. The molecule has 0 bridgehead atoms. The van der Waals surface area contributed by atoms with Crippen LogP contribution in [-0.2, 0) is 17.4 Å². The average Bonchev–Trinajstić information content (AvgIpc) is 2.24. The van der Waals surface area contributed by atoms with Crippen molar-refractivity contribution < 1.29 is 22.7 Å². The summed E-state index contributed by atoms with van der Waals surface area (Å²) in [5.41, 5.74) is -0.684. The molecule has 0 aliphatic heterocycles. The highest BCUT2D eigenvalue weighted by Crippen LogP contribution is 2.38. The zero-order valence-corrected chi connectivity index (χ0v) is 10.6. The summed E-state index contributed by atoms with van der Waals surface area (Å²) in [6.07, 6.45) is -3.74. The van der Waals surface area contributed by atoms with E-state index in [1.54, 1.807) is 0 Å². The average molecular weight is 311 g/mol. The van der Waals surface area contributed by atoms with Crippen molar-refractivity contribution in [1.29, 1.82) is 0 Å². The number of aryl methyl sites for hydroxylation is 1. The maximum absolute atomic E-state index is 12.8. The normalized spacial score (nSPS) is 11.4. The van der Waals surface area contributed by atoms with Crippen LogP contribution in [0.3, 0.4) is 0 Å². The van der Waals surface area contributed by atoms with Gasteiger partial charge in [0.05, 0.1) is 17.1 Å². The van der Waals surface area contributed by atoms with E-state index >= 15 is 0 Å². The summed E-state index contributed by atoms with van der Waals surface area (Å²) in [5.74, 6) is 0.118. The highest BCUT2D eigenvalue weighted by atomic mass is 79.9. The molecular weight excluding hydrogens is 301 g/mol. The highest BCUT2D eigenvalue weighted by molar-refractivity contribution is 9.10. The molecule has 0 spiro atoms. The van der Waals surface area contributed by atoms with Crippen LogP contribution in [0.5, 0.6) is 5.75 Å². The van der Waals surface area contributed by atoms with Gasteiger partial charge in [-0.1, -0.05) is 0 Å². The lowest BCUT2D eigenvalue weighted by atomic mass is 10.0. The number of methoxy groups -OCH3 is 1. The molecule has 0 aliphatic carbocycles. The summed E-state index contributed by atoms with van der Waals surface area (Å²) in [6.45, 7) is 0. The van der Waals surface area contributed by atoms with Gasteiger partial charge in [-0.3, -0.25) is 0 Å². The van der Waals surface area contributed by atoms with Gasteiger partial charge < -0.3 is 9.53 Å². The Labute approximate surface area is 105 Å². The molecule has 0 saturated heterocycles. The molecule has 1 aromatic rings. The summed E-state index contributed by atoms with van der Waals surface area (Å²) >= 11 is 3.12. The topological polar surface area (TPSA) is 26.3 Å². The van der Waals surface area contributed by atoms with E-state index in [1.807, 2.05) is 0 Å². The second-order valence-corrected chi connectivity index (χ2v) is 4.20. The van der Waals surface area contributed by atoms with Gasteiger partial charge in [0.2, 0.25) is 0 Å². The maximum atomic E-state index is 12.8. The van der Waals surface area contributed by atoms with Crippen LogP contribution in [0.4, 0.5) is 13.2 Å². The van der Waals surface area contributed by atoms with Gasteiger partial charge in [0.15, 0.2) is 0 Å². The summed E-state index contributed by atoms with van der Waals surface area (Å²) in [7, 11) is 1.30. The third-order valence-electron chi connectivity index (χ3n) is 2.21. The zero-order valence-electron chi connectivity index (χ0n) is 8.97. The number of carbonyl (C=O) groups is 1. The standard InChI is InChI=1S/C11H10BrF3O2/c1-17-10-6-8(11(13,14)15)7(3-2-4-16)5-9(10)12/h4-6H,2-3H2,1H3. The van der Waals surface area contributed by atoms with Gasteiger partial charge in [0.25, 0.3) is 0 Å². The van der Waals surface area contributed by atoms with E-state index in [1.165, 1.54) is 13.2 Å². The smallest absolute Gasteiger partial charge is 0.416 e. The number of hydrogen-bond donors (Lipinski definition) is 0. The number of ether oxygens (including phenoxy) is 1. The third-order valence-corrected chi connectivity index (χ3v) is 2.83. The molecule has 0 saturated carbocycles. The van der Waals surface area contributed by atoms with Crippen molar-refractivity contribution in [2.75, 3.05) is 7.11 Å². The largest absolute Gasteiger partial charge is 0.496 e. The Morgan fingerprint density at radius 2 is 2.06 bits per heavy atom. The maximum Gasteiger partial charge on any atom is 0.416 e. The molecule has 0 heterocycles. The molecule has 0 aromatic heterocycles. The van der Waals surface area contributed by atoms with E-state index in [-0.39, 0.29) is 24.2 Å². The fourth-order valence-electron chi connectivity index (χ4n) is 1.44. The van der Waals surface area contributed by atoms with Gasteiger partial charge in [-0.2, -0.15) is 13.2 Å². The number of rotatable bonds is 4. The Bertz CT molecular complexity index is 416. The number of benzene rings is 1. The zero-order chi connectivity index (χ0) is 13.1. The third kappa shape index (κ3) is 3.46. The monoisotopic (exact) mass is 310 g/mol. The molecule has 94 valence electrons. The Morgan fingerprint density at radius 1 is 1.41 bits per heavy atom. The minimum Gasteiger partial charge on any atom is -0.496 e. The van der Waals surface area contributed by atoms with Crippen LogP contribution in [-0.4, -0.2) is 13.4 Å². The predicted molar refractivity (Wildman–Crippen MR) is 60.1 cm³/mol. The van der Waals surface area contributed by atoms with Crippen LogP contribution in [0.15, 0.2) is 16.6 Å². The highest BCUT2D eigenvalue weighted by Gasteiger charge is 2.34. The van der Waals surface area contributed by atoms with Gasteiger partial charge in [0, 0.05) is 6.42 Å². The minimum atomic E-state index is -4.45. The Kier molecular flexibility index (Phi) is 4.56. The van der Waals surface area contributed by atoms with Crippen molar-refractivity contribution in [3.05, 3.63) is 27.7 Å². The first kappa shape index (κ1) is 14.0. The molecule has 1 aromatic carbocycles. The lowest BCUT2D eigenvalue weighted by Gasteiger charge is -2.15. The molecule has 0 radical (unpaired) electrons. The summed E-state index contributed by atoms with van der Waals surface area (Å²) in [4.78, 5) is 10.2. The second-order valence-electron chi connectivity index (χ2n) is 3.35. The fourth-order valence-corrected chi connectivity index (χ4v) is 1.99. The molecule has 0 aliphatic rings. The van der Waals surface area contributed by atoms with E-state index in [9.17, 15) is 18.0 Å². The molecule has 2 nitrogen and oxygen atoms in total. The van der Waals surface area contributed by atoms with Crippen molar-refractivity contribution in [1.82, 2.24) is 0 Å². The molecule has 0 atom stereocenters. The van der Waals surface area contributed by atoms with Crippen LogP contribution >= 0.6 is 15.9 Å². The van der Waals surface area contributed by atoms with Crippen molar-refractivity contribution >= 4 is 22.2 Å². The van der Waals surface area contributed by atoms with Crippen LogP contribution in [0, 0.1) is 0 Å². The van der Waals surface area contributed by atoms with Crippen LogP contribution in [0.25, 0.3) is 0 Å². The van der Waals surface area contributed by atoms with Gasteiger partial charge in [-0.25, -0.2) is 0 Å². The summed E-state index contributed by atoms with van der Waals surface area (Å²) < 4.78 is 43.6. The van der Waals surface area contributed by atoms with Gasteiger partial charge in [-0.15, -0.1) is 0 Å². The van der Waals surface area contributed by atoms with Crippen LogP contribution < -0.4 is 4.74 Å². The molecule has 0 amide bonds. The number of aldehydes is 1. The van der Waals surface area contributed by atoms with Crippen LogP contribution in [0.2, 0.25) is 0 Å². The lowest BCUT2D eigenvalue weighted by Crippen LogP contribution is -2.10. The molecule has 17 heavy (non-hydrogen) atoms. The van der Waals surface area contributed by atoms with Gasteiger partial charge >= 0.3 is 6.18 Å². The van der Waals surface area contributed by atoms with E-state index in [0.29, 0.717) is 10.8 Å². The molecule has 1 rings (SSSR count). The van der Waals surface area contributed by atoms with Gasteiger partial charge in [-0.05, 0) is 40.0 Å². The second kappa shape index (κ2) is 5.53. The quantitative estimate of drug-likeness (QED) is 0.794. The van der Waals surface area contributed by atoms with Gasteiger partial charge in [0.1, 0.15) is 12.0 Å². The van der Waals surface area contributed by atoms with Crippen molar-refractivity contribution in [3.63, 3.8) is 0 Å². The number of hydrogen-bond acceptors (Lipinski definition) is 2. The predicted octanol–water partition coefficient (Wildman–Crippen LogP) is 3.61. The Morgan fingerprint density at radius 3 is 2.53 bits per heavy atom. The first-order chi connectivity index (χ1) is 7.90. The van der Waals surface area contributed by atoms with E-state index in [2.05, 4.69) is 15.9 Å². The number of halogens is 4. The van der Waals surface area contributed by atoms with Crippen molar-refractivity contribution in [2.24, 2.45) is 0 Å². The molecule has 0 fully saturated rings. The number of alkyl halides is 3. The lowest BCUT2D eigenvalue weighted by molar-refractivity contribution is -0.138. The first-order valence-corrected chi connectivity index (χ1v) is 5.56. The number of carbonyl (C=O) groups excluding carboxylic acids is 1. The molecule has 6 heteroatoms. The molecular formula is C11H10BrF3O2. The molecule has 0 unspecified atom stereocenters. The first-order valence-electron chi connectivity index (χ1n) is 4.77. The molecule has 0 N–H and O–H groups in total. The minimum absolute atomic E-state index is 0.0565. The van der Waals surface area contributed by atoms with E-state index < -0.39 is 11.7 Å². The Hall–Kier alpha value is -1.04.